The van der Waals surface area contributed by atoms with Crippen molar-refractivity contribution >= 4 is 11.8 Å². The van der Waals surface area contributed by atoms with Gasteiger partial charge in [-0.3, -0.25) is 4.79 Å². The summed E-state index contributed by atoms with van der Waals surface area (Å²) in [5.41, 5.74) is 0.599. The number of nitrogens with zero attached hydrogens (tertiary/aromatic N) is 2. The maximum absolute atomic E-state index is 10.7. The lowest BCUT2D eigenvalue weighted by Gasteiger charge is -1.96. The van der Waals surface area contributed by atoms with Crippen LogP contribution in [0.2, 0.25) is 0 Å². The molecule has 1 aromatic rings. The van der Waals surface area contributed by atoms with Gasteiger partial charge in [0.25, 0.3) is 0 Å². The number of aryl methyl sites for hydroxylation is 1. The standard InChI is InChI=1S/C7H8N2O3/c1-9-4-8-3-5(9)2-6(10)7(11)12/h3-4H,2H2,1H3,(H,11,12). The molecule has 0 aliphatic carbocycles. The van der Waals surface area contributed by atoms with Crippen LogP contribution in [0.4, 0.5) is 0 Å². The monoisotopic (exact) mass is 168 g/mol. The average molecular weight is 168 g/mol. The second-order valence-corrected chi connectivity index (χ2v) is 2.40. The summed E-state index contributed by atoms with van der Waals surface area (Å²) < 4.78 is 1.61. The van der Waals surface area contributed by atoms with Gasteiger partial charge in [-0.05, 0) is 0 Å². The summed E-state index contributed by atoms with van der Waals surface area (Å²) in [6.07, 6.45) is 2.89. The molecule has 0 aliphatic rings. The summed E-state index contributed by atoms with van der Waals surface area (Å²) in [5, 5.41) is 8.29. The Morgan fingerprint density at radius 2 is 2.33 bits per heavy atom. The largest absolute Gasteiger partial charge is 0.475 e. The van der Waals surface area contributed by atoms with E-state index in [0.29, 0.717) is 5.69 Å². The second kappa shape index (κ2) is 3.17. The fourth-order valence-corrected chi connectivity index (χ4v) is 0.795. The molecule has 5 nitrogen and oxygen atoms in total. The highest BCUT2D eigenvalue weighted by atomic mass is 16.4. The Bertz CT molecular complexity index is 316. The van der Waals surface area contributed by atoms with E-state index in [9.17, 15) is 9.59 Å². The van der Waals surface area contributed by atoms with E-state index in [1.165, 1.54) is 12.5 Å². The summed E-state index contributed by atoms with van der Waals surface area (Å²) in [6, 6.07) is 0. The predicted octanol–water partition coefficient (Wildman–Crippen LogP) is -0.384. The van der Waals surface area contributed by atoms with Crippen LogP contribution in [0, 0.1) is 0 Å². The van der Waals surface area contributed by atoms with Gasteiger partial charge in [0, 0.05) is 18.9 Å². The van der Waals surface area contributed by atoms with Crippen molar-refractivity contribution in [2.45, 2.75) is 6.42 Å². The first-order chi connectivity index (χ1) is 5.61. The van der Waals surface area contributed by atoms with E-state index in [1.807, 2.05) is 0 Å². The van der Waals surface area contributed by atoms with E-state index >= 15 is 0 Å². The summed E-state index contributed by atoms with van der Waals surface area (Å²) in [7, 11) is 1.71. The maximum atomic E-state index is 10.7. The van der Waals surface area contributed by atoms with Crippen molar-refractivity contribution in [1.29, 1.82) is 0 Å². The first kappa shape index (κ1) is 8.45. The van der Waals surface area contributed by atoms with Gasteiger partial charge in [0.05, 0.1) is 12.7 Å². The Balaban J connectivity index is 2.71. The number of Topliss-reactive ketones (excluding diaryl/α,β-unsaturated/α-hetero) is 1. The van der Waals surface area contributed by atoms with Crippen LogP contribution in [0.5, 0.6) is 0 Å². The molecule has 12 heavy (non-hydrogen) atoms. The zero-order valence-corrected chi connectivity index (χ0v) is 6.52. The first-order valence-electron chi connectivity index (χ1n) is 3.32. The van der Waals surface area contributed by atoms with E-state index in [-0.39, 0.29) is 6.42 Å². The van der Waals surface area contributed by atoms with Gasteiger partial charge in [-0.15, -0.1) is 0 Å². The Labute approximate surface area is 68.6 Å². The molecule has 0 amide bonds. The van der Waals surface area contributed by atoms with Gasteiger partial charge in [0.2, 0.25) is 5.78 Å². The predicted molar refractivity (Wildman–Crippen MR) is 39.6 cm³/mol. The molecule has 0 saturated heterocycles. The number of aromatic nitrogens is 2. The minimum Gasteiger partial charge on any atom is -0.475 e. The number of carbonyl (C=O) groups is 2. The first-order valence-corrected chi connectivity index (χ1v) is 3.32. The van der Waals surface area contributed by atoms with Gasteiger partial charge >= 0.3 is 5.97 Å². The highest BCUT2D eigenvalue weighted by molar-refractivity contribution is 6.33. The van der Waals surface area contributed by atoms with Crippen LogP contribution in [-0.4, -0.2) is 26.4 Å². The third kappa shape index (κ3) is 1.69. The molecule has 0 atom stereocenters. The zero-order chi connectivity index (χ0) is 9.14. The Hall–Kier alpha value is -1.65. The quantitative estimate of drug-likeness (QED) is 0.624. The summed E-state index contributed by atoms with van der Waals surface area (Å²) >= 11 is 0. The van der Waals surface area contributed by atoms with E-state index < -0.39 is 11.8 Å². The van der Waals surface area contributed by atoms with Crippen LogP contribution >= 0.6 is 0 Å². The van der Waals surface area contributed by atoms with Gasteiger partial charge in [0.15, 0.2) is 0 Å². The third-order valence-corrected chi connectivity index (χ3v) is 1.50. The number of rotatable bonds is 3. The molecule has 1 N–H and O–H groups in total. The summed E-state index contributed by atoms with van der Waals surface area (Å²) in [5.74, 6) is -2.23. The maximum Gasteiger partial charge on any atom is 0.372 e. The van der Waals surface area contributed by atoms with Gasteiger partial charge in [-0.25, -0.2) is 9.78 Å². The molecule has 0 unspecified atom stereocenters. The van der Waals surface area contributed by atoms with Gasteiger partial charge in [0.1, 0.15) is 0 Å². The molecule has 5 heteroatoms. The molecule has 1 aromatic heterocycles. The second-order valence-electron chi connectivity index (χ2n) is 2.40. The molecule has 0 spiro atoms. The Morgan fingerprint density at radius 1 is 1.67 bits per heavy atom. The molecule has 0 fully saturated rings. The van der Waals surface area contributed by atoms with Crippen LogP contribution in [0.1, 0.15) is 5.69 Å². The molecule has 0 aromatic carbocycles. The lowest BCUT2D eigenvalue weighted by atomic mass is 10.2. The van der Waals surface area contributed by atoms with E-state index in [4.69, 9.17) is 5.11 Å². The summed E-state index contributed by atoms with van der Waals surface area (Å²) in [4.78, 5) is 24.6. The number of ketones is 1. The normalized spacial score (nSPS) is 9.75. The van der Waals surface area contributed by atoms with Crippen molar-refractivity contribution in [2.75, 3.05) is 0 Å². The van der Waals surface area contributed by atoms with Crippen molar-refractivity contribution in [1.82, 2.24) is 9.55 Å². The zero-order valence-electron chi connectivity index (χ0n) is 6.52. The summed E-state index contributed by atoms with van der Waals surface area (Å²) in [6.45, 7) is 0. The number of hydrogen-bond donors (Lipinski definition) is 1. The molecular formula is C7H8N2O3. The number of carboxylic acids is 1. The number of carbonyl (C=O) groups excluding carboxylic acids is 1. The molecule has 0 saturated carbocycles. The van der Waals surface area contributed by atoms with Crippen LogP contribution < -0.4 is 0 Å². The topological polar surface area (TPSA) is 72.2 Å². The fourth-order valence-electron chi connectivity index (χ4n) is 0.795. The van der Waals surface area contributed by atoms with Crippen LogP contribution in [0.25, 0.3) is 0 Å². The van der Waals surface area contributed by atoms with E-state index in [0.717, 1.165) is 0 Å². The lowest BCUT2D eigenvalue weighted by molar-refractivity contribution is -0.148. The minimum absolute atomic E-state index is 0.105. The lowest BCUT2D eigenvalue weighted by Crippen LogP contribution is -2.16. The number of hydrogen-bond acceptors (Lipinski definition) is 3. The van der Waals surface area contributed by atoms with Gasteiger partial charge in [-0.2, -0.15) is 0 Å². The van der Waals surface area contributed by atoms with Crippen LogP contribution in [0.15, 0.2) is 12.5 Å². The van der Waals surface area contributed by atoms with Crippen molar-refractivity contribution < 1.29 is 14.7 Å². The van der Waals surface area contributed by atoms with E-state index in [2.05, 4.69) is 4.98 Å². The third-order valence-electron chi connectivity index (χ3n) is 1.50. The molecule has 0 radical (unpaired) electrons. The average Bonchev–Trinajstić information content (AvgIpc) is 2.36. The molecule has 0 bridgehead atoms. The molecule has 1 heterocycles. The molecule has 64 valence electrons. The van der Waals surface area contributed by atoms with Crippen molar-refractivity contribution in [2.24, 2.45) is 7.05 Å². The van der Waals surface area contributed by atoms with Crippen molar-refractivity contribution in [3.05, 3.63) is 18.2 Å². The fraction of sp³-hybridized carbons (Fsp3) is 0.286. The van der Waals surface area contributed by atoms with Crippen LogP contribution in [0.3, 0.4) is 0 Å². The smallest absolute Gasteiger partial charge is 0.372 e. The number of imidazole rings is 1. The number of aliphatic carboxylic acids is 1. The highest BCUT2D eigenvalue weighted by Gasteiger charge is 2.13. The molecular weight excluding hydrogens is 160 g/mol. The highest BCUT2D eigenvalue weighted by Crippen LogP contribution is 1.97. The SMILES string of the molecule is Cn1cncc1CC(=O)C(=O)O. The minimum atomic E-state index is -1.41. The van der Waals surface area contributed by atoms with Gasteiger partial charge < -0.3 is 9.67 Å². The molecule has 1 rings (SSSR count). The Morgan fingerprint density at radius 3 is 2.75 bits per heavy atom. The van der Waals surface area contributed by atoms with Gasteiger partial charge in [-0.1, -0.05) is 0 Å². The number of carboxylic acid groups (broad SMARTS) is 1. The van der Waals surface area contributed by atoms with Crippen molar-refractivity contribution in [3.8, 4) is 0 Å². The van der Waals surface area contributed by atoms with E-state index in [1.54, 1.807) is 11.6 Å². The molecule has 0 aliphatic heterocycles. The van der Waals surface area contributed by atoms with Crippen molar-refractivity contribution in [3.63, 3.8) is 0 Å². The van der Waals surface area contributed by atoms with Crippen LogP contribution in [-0.2, 0) is 23.1 Å². The Kier molecular flexibility index (Phi) is 2.23.